The molecule has 0 spiro atoms. The summed E-state index contributed by atoms with van der Waals surface area (Å²) in [6, 6.07) is -0.302. The third-order valence-electron chi connectivity index (χ3n) is 5.54. The molecule has 0 unspecified atom stereocenters. The summed E-state index contributed by atoms with van der Waals surface area (Å²) in [5, 5.41) is 0. The minimum absolute atomic E-state index is 0.0319. The number of H-pyrrole nitrogens is 1. The molecule has 29 heavy (non-hydrogen) atoms. The third-order valence-corrected chi connectivity index (χ3v) is 7.71. The Labute approximate surface area is 172 Å². The molecule has 1 N–H and O–H groups in total. The van der Waals surface area contributed by atoms with Crippen LogP contribution in [0.3, 0.4) is 0 Å². The molecule has 2 aromatic heterocycles. The molecule has 4 rings (SSSR count). The second kappa shape index (κ2) is 7.62. The highest BCUT2D eigenvalue weighted by Gasteiger charge is 2.33. The van der Waals surface area contributed by atoms with Crippen molar-refractivity contribution in [1.29, 1.82) is 0 Å². The van der Waals surface area contributed by atoms with E-state index < -0.39 is 10.0 Å². The van der Waals surface area contributed by atoms with Crippen LogP contribution >= 0.6 is 11.3 Å². The number of carbonyl (C=O) groups excluding carboxylic acids is 1. The van der Waals surface area contributed by atoms with Crippen LogP contribution in [-0.4, -0.2) is 57.8 Å². The molecular weight excluding hydrogens is 414 g/mol. The number of nitrogens with one attached hydrogen (secondary N) is 1. The summed E-state index contributed by atoms with van der Waals surface area (Å²) in [6.45, 7) is 2.75. The van der Waals surface area contributed by atoms with E-state index in [-0.39, 0.29) is 24.1 Å². The first-order valence-corrected chi connectivity index (χ1v) is 12.3. The molecule has 2 aliphatic heterocycles. The number of aryl methyl sites for hydroxylation is 1. The number of hydrogen-bond donors (Lipinski definition) is 1. The number of carbonyl (C=O) groups is 1. The Hall–Kier alpha value is -2.11. The van der Waals surface area contributed by atoms with Gasteiger partial charge in [-0.3, -0.25) is 9.59 Å². The summed E-state index contributed by atoms with van der Waals surface area (Å²) >= 11 is 1.32. The average Bonchev–Trinajstić information content (AvgIpc) is 3.12. The first kappa shape index (κ1) is 20.2. The lowest BCUT2D eigenvalue weighted by atomic mass is 10.00. The molecule has 156 valence electrons. The van der Waals surface area contributed by atoms with Gasteiger partial charge >= 0.3 is 0 Å². The number of aromatic amines is 1. The molecular formula is C18H23N5O4S2. The maximum Gasteiger partial charge on any atom is 0.266 e. The van der Waals surface area contributed by atoms with Crippen LogP contribution < -0.4 is 5.56 Å². The van der Waals surface area contributed by atoms with Gasteiger partial charge in [0.25, 0.3) is 11.5 Å². The standard InChI is InChI=1S/C18H23N5O4S2/c1-11-15(28-10-19-11)18(25)23-7-4-3-5-14(23)16-20-13-6-8-22(29(2,26)27)9-12(13)17(24)21-16/h10,14H,3-9H2,1-2H3,(H,20,21,24)/t14-/m0/s1. The quantitative estimate of drug-likeness (QED) is 0.772. The fourth-order valence-electron chi connectivity index (χ4n) is 3.96. The zero-order valence-electron chi connectivity index (χ0n) is 16.3. The number of likely N-dealkylation sites (tertiary alicyclic amines) is 1. The molecule has 9 nitrogen and oxygen atoms in total. The van der Waals surface area contributed by atoms with Gasteiger partial charge in [-0.1, -0.05) is 0 Å². The van der Waals surface area contributed by atoms with Gasteiger partial charge < -0.3 is 9.88 Å². The molecule has 0 aliphatic carbocycles. The van der Waals surface area contributed by atoms with E-state index in [0.717, 1.165) is 25.5 Å². The zero-order chi connectivity index (χ0) is 20.8. The molecule has 4 heterocycles. The summed E-state index contributed by atoms with van der Waals surface area (Å²) in [4.78, 5) is 39.9. The summed E-state index contributed by atoms with van der Waals surface area (Å²) in [6.07, 6.45) is 4.09. The van der Waals surface area contributed by atoms with Crippen molar-refractivity contribution in [3.05, 3.63) is 43.5 Å². The summed E-state index contributed by atoms with van der Waals surface area (Å²) in [5.41, 5.74) is 3.05. The van der Waals surface area contributed by atoms with Gasteiger partial charge in [-0.05, 0) is 26.2 Å². The lowest BCUT2D eigenvalue weighted by Crippen LogP contribution is -2.42. The SMILES string of the molecule is Cc1ncsc1C(=O)N1CCCC[C@H]1c1nc2c(c(=O)[nH]1)CN(S(C)(=O)=O)CC2. The van der Waals surface area contributed by atoms with Gasteiger partial charge in [-0.2, -0.15) is 4.31 Å². The Morgan fingerprint density at radius 3 is 2.79 bits per heavy atom. The molecule has 0 radical (unpaired) electrons. The molecule has 1 atom stereocenters. The van der Waals surface area contributed by atoms with Crippen LogP contribution in [0, 0.1) is 6.92 Å². The summed E-state index contributed by atoms with van der Waals surface area (Å²) < 4.78 is 24.9. The normalized spacial score (nSPS) is 20.5. The molecule has 2 aromatic rings. The van der Waals surface area contributed by atoms with Crippen LogP contribution in [0.25, 0.3) is 0 Å². The number of aromatic nitrogens is 3. The van der Waals surface area contributed by atoms with Crippen molar-refractivity contribution in [3.63, 3.8) is 0 Å². The lowest BCUT2D eigenvalue weighted by Gasteiger charge is -2.35. The number of rotatable bonds is 3. The molecule has 1 fully saturated rings. The van der Waals surface area contributed by atoms with E-state index in [1.54, 1.807) is 10.4 Å². The number of amides is 1. The Morgan fingerprint density at radius 1 is 1.31 bits per heavy atom. The highest BCUT2D eigenvalue weighted by atomic mass is 32.2. The Morgan fingerprint density at radius 2 is 2.10 bits per heavy atom. The van der Waals surface area contributed by atoms with E-state index in [4.69, 9.17) is 0 Å². The second-order valence-corrected chi connectivity index (χ2v) is 10.3. The van der Waals surface area contributed by atoms with Gasteiger partial charge in [-0.15, -0.1) is 11.3 Å². The molecule has 11 heteroatoms. The molecule has 0 saturated carbocycles. The minimum atomic E-state index is -3.37. The topological polar surface area (TPSA) is 116 Å². The van der Waals surface area contributed by atoms with Crippen LogP contribution in [0.15, 0.2) is 10.3 Å². The number of hydrogen-bond acceptors (Lipinski definition) is 7. The van der Waals surface area contributed by atoms with Crippen LogP contribution in [-0.2, 0) is 23.0 Å². The van der Waals surface area contributed by atoms with Crippen LogP contribution in [0.2, 0.25) is 0 Å². The third kappa shape index (κ3) is 3.86. The van der Waals surface area contributed by atoms with E-state index in [2.05, 4.69) is 15.0 Å². The molecule has 1 amide bonds. The van der Waals surface area contributed by atoms with E-state index >= 15 is 0 Å². The van der Waals surface area contributed by atoms with Crippen molar-refractivity contribution in [1.82, 2.24) is 24.2 Å². The van der Waals surface area contributed by atoms with Crippen LogP contribution in [0.1, 0.15) is 57.8 Å². The van der Waals surface area contributed by atoms with E-state index in [1.807, 2.05) is 6.92 Å². The largest absolute Gasteiger partial charge is 0.328 e. The highest BCUT2D eigenvalue weighted by molar-refractivity contribution is 7.88. The molecule has 2 aliphatic rings. The second-order valence-electron chi connectivity index (χ2n) is 7.50. The number of nitrogens with zero attached hydrogens (tertiary/aromatic N) is 4. The van der Waals surface area contributed by atoms with Crippen LogP contribution in [0.5, 0.6) is 0 Å². The monoisotopic (exact) mass is 437 g/mol. The smallest absolute Gasteiger partial charge is 0.266 e. The maximum atomic E-state index is 13.1. The van der Waals surface area contributed by atoms with Crippen molar-refractivity contribution in [2.24, 2.45) is 0 Å². The zero-order valence-corrected chi connectivity index (χ0v) is 18.0. The van der Waals surface area contributed by atoms with Gasteiger partial charge in [0.1, 0.15) is 10.7 Å². The van der Waals surface area contributed by atoms with Gasteiger partial charge in [0, 0.05) is 26.1 Å². The van der Waals surface area contributed by atoms with Crippen molar-refractivity contribution < 1.29 is 13.2 Å². The number of thiazole rings is 1. The predicted octanol–water partition coefficient (Wildman–Crippen LogP) is 1.22. The lowest BCUT2D eigenvalue weighted by molar-refractivity contribution is 0.0603. The highest BCUT2D eigenvalue weighted by Crippen LogP contribution is 2.32. The first-order valence-electron chi connectivity index (χ1n) is 9.54. The molecule has 0 aromatic carbocycles. The predicted molar refractivity (Wildman–Crippen MR) is 108 cm³/mol. The fraction of sp³-hybridized carbons (Fsp3) is 0.556. The van der Waals surface area contributed by atoms with Crippen molar-refractivity contribution in [2.75, 3.05) is 19.3 Å². The van der Waals surface area contributed by atoms with Crippen molar-refractivity contribution in [3.8, 4) is 0 Å². The minimum Gasteiger partial charge on any atom is -0.328 e. The van der Waals surface area contributed by atoms with Gasteiger partial charge in [0.15, 0.2) is 0 Å². The number of sulfonamides is 1. The molecule has 0 bridgehead atoms. The molecule has 1 saturated heterocycles. The Bertz CT molecular complexity index is 1110. The van der Waals surface area contributed by atoms with Gasteiger partial charge in [-0.25, -0.2) is 18.4 Å². The average molecular weight is 438 g/mol. The maximum absolute atomic E-state index is 13.1. The Kier molecular flexibility index (Phi) is 5.30. The van der Waals surface area contributed by atoms with Crippen LogP contribution in [0.4, 0.5) is 0 Å². The van der Waals surface area contributed by atoms with Crippen molar-refractivity contribution in [2.45, 2.75) is 45.2 Å². The fourth-order valence-corrected chi connectivity index (χ4v) is 5.50. The van der Waals surface area contributed by atoms with E-state index in [0.29, 0.717) is 47.2 Å². The van der Waals surface area contributed by atoms with Crippen molar-refractivity contribution >= 4 is 27.3 Å². The van der Waals surface area contributed by atoms with E-state index in [9.17, 15) is 18.0 Å². The first-order chi connectivity index (χ1) is 13.8. The number of fused-ring (bicyclic) bond motifs is 1. The summed E-state index contributed by atoms with van der Waals surface area (Å²) in [7, 11) is -3.37. The van der Waals surface area contributed by atoms with Gasteiger partial charge in [0.2, 0.25) is 10.0 Å². The summed E-state index contributed by atoms with van der Waals surface area (Å²) in [5.74, 6) is 0.398. The van der Waals surface area contributed by atoms with E-state index in [1.165, 1.54) is 15.6 Å². The number of piperidine rings is 1. The van der Waals surface area contributed by atoms with Gasteiger partial charge in [0.05, 0.1) is 34.8 Å². The Balaban J connectivity index is 1.67.